The predicted octanol–water partition coefficient (Wildman–Crippen LogP) is 1.23. The van der Waals surface area contributed by atoms with Crippen molar-refractivity contribution in [2.75, 3.05) is 6.54 Å². The molecule has 106 valence electrons. The SMILES string of the molecule is CCNC(=O)CCn1nnc(C(=O)O)c1-c1cccs1. The highest BCUT2D eigenvalue weighted by Crippen LogP contribution is 2.27. The molecule has 2 heterocycles. The fourth-order valence-corrected chi connectivity index (χ4v) is 2.54. The smallest absolute Gasteiger partial charge is 0.358 e. The minimum atomic E-state index is -1.13. The lowest BCUT2D eigenvalue weighted by atomic mass is 10.2. The summed E-state index contributed by atoms with van der Waals surface area (Å²) in [5.41, 5.74) is 0.347. The second-order valence-electron chi connectivity index (χ2n) is 4.00. The molecule has 0 unspecified atom stereocenters. The predicted molar refractivity (Wildman–Crippen MR) is 73.6 cm³/mol. The number of carboxylic acid groups (broad SMARTS) is 1. The van der Waals surface area contributed by atoms with Crippen molar-refractivity contribution < 1.29 is 14.7 Å². The Morgan fingerprint density at radius 1 is 1.50 bits per heavy atom. The summed E-state index contributed by atoms with van der Waals surface area (Å²) in [6.45, 7) is 2.70. The van der Waals surface area contributed by atoms with E-state index in [0.29, 0.717) is 18.8 Å². The number of carbonyl (C=O) groups is 2. The van der Waals surface area contributed by atoms with Crippen molar-refractivity contribution in [1.29, 1.82) is 0 Å². The fraction of sp³-hybridized carbons (Fsp3) is 0.333. The van der Waals surface area contributed by atoms with E-state index in [4.69, 9.17) is 5.11 Å². The van der Waals surface area contributed by atoms with Crippen LogP contribution in [-0.4, -0.2) is 38.5 Å². The molecule has 0 saturated carbocycles. The minimum absolute atomic E-state index is 0.0941. The molecule has 0 spiro atoms. The largest absolute Gasteiger partial charge is 0.476 e. The van der Waals surface area contributed by atoms with E-state index in [2.05, 4.69) is 15.6 Å². The van der Waals surface area contributed by atoms with Crippen LogP contribution in [0.1, 0.15) is 23.8 Å². The molecule has 2 aromatic heterocycles. The van der Waals surface area contributed by atoms with E-state index in [0.717, 1.165) is 4.88 Å². The number of aryl methyl sites for hydroxylation is 1. The van der Waals surface area contributed by atoms with E-state index >= 15 is 0 Å². The molecule has 0 aliphatic carbocycles. The van der Waals surface area contributed by atoms with Gasteiger partial charge in [-0.05, 0) is 18.4 Å². The summed E-state index contributed by atoms with van der Waals surface area (Å²) in [4.78, 5) is 23.4. The first-order chi connectivity index (χ1) is 9.63. The highest BCUT2D eigenvalue weighted by atomic mass is 32.1. The summed E-state index contributed by atoms with van der Waals surface area (Å²) in [7, 11) is 0. The zero-order chi connectivity index (χ0) is 14.5. The molecule has 2 rings (SSSR count). The standard InChI is InChI=1S/C12H14N4O3S/c1-2-13-9(17)5-6-16-11(8-4-3-7-20-8)10(12(18)19)14-15-16/h3-4,7H,2,5-6H2,1H3,(H,13,17)(H,18,19). The summed E-state index contributed by atoms with van der Waals surface area (Å²) in [5.74, 6) is -1.23. The number of amides is 1. The van der Waals surface area contributed by atoms with E-state index in [1.807, 2.05) is 18.4 Å². The molecular formula is C12H14N4O3S. The molecule has 0 saturated heterocycles. The summed E-state index contributed by atoms with van der Waals surface area (Å²) < 4.78 is 1.46. The van der Waals surface area contributed by atoms with Crippen molar-refractivity contribution >= 4 is 23.2 Å². The molecule has 20 heavy (non-hydrogen) atoms. The molecule has 0 aliphatic rings. The summed E-state index contributed by atoms with van der Waals surface area (Å²) in [6, 6.07) is 3.63. The number of thiophene rings is 1. The average molecular weight is 294 g/mol. The second kappa shape index (κ2) is 6.29. The van der Waals surface area contributed by atoms with Gasteiger partial charge in [0.2, 0.25) is 5.91 Å². The van der Waals surface area contributed by atoms with Crippen LogP contribution in [-0.2, 0) is 11.3 Å². The molecule has 2 aromatic rings. The van der Waals surface area contributed by atoms with Crippen LogP contribution in [0.3, 0.4) is 0 Å². The van der Waals surface area contributed by atoms with Crippen LogP contribution in [0.15, 0.2) is 17.5 Å². The maximum Gasteiger partial charge on any atom is 0.358 e. The van der Waals surface area contributed by atoms with E-state index in [9.17, 15) is 9.59 Å². The number of nitrogens with one attached hydrogen (secondary N) is 1. The van der Waals surface area contributed by atoms with Crippen molar-refractivity contribution in [3.8, 4) is 10.6 Å². The van der Waals surface area contributed by atoms with Gasteiger partial charge in [0.25, 0.3) is 0 Å². The normalized spacial score (nSPS) is 10.4. The number of rotatable bonds is 6. The molecule has 0 aliphatic heterocycles. The van der Waals surface area contributed by atoms with Crippen molar-refractivity contribution in [1.82, 2.24) is 20.3 Å². The van der Waals surface area contributed by atoms with E-state index < -0.39 is 5.97 Å². The van der Waals surface area contributed by atoms with E-state index in [1.165, 1.54) is 16.0 Å². The van der Waals surface area contributed by atoms with Gasteiger partial charge in [0.05, 0.1) is 11.4 Å². The zero-order valence-corrected chi connectivity index (χ0v) is 11.7. The molecule has 0 atom stereocenters. The van der Waals surface area contributed by atoms with Crippen LogP contribution < -0.4 is 5.32 Å². The fourth-order valence-electron chi connectivity index (χ4n) is 1.76. The van der Waals surface area contributed by atoms with Gasteiger partial charge in [-0.25, -0.2) is 9.48 Å². The molecule has 0 aromatic carbocycles. The van der Waals surface area contributed by atoms with Crippen LogP contribution in [0.2, 0.25) is 0 Å². The molecule has 8 heteroatoms. The third-order valence-electron chi connectivity index (χ3n) is 2.62. The lowest BCUT2D eigenvalue weighted by Gasteiger charge is -2.05. The van der Waals surface area contributed by atoms with Crippen LogP contribution in [0.5, 0.6) is 0 Å². The molecular weight excluding hydrogens is 280 g/mol. The Morgan fingerprint density at radius 2 is 2.30 bits per heavy atom. The monoisotopic (exact) mass is 294 g/mol. The summed E-state index contributed by atoms with van der Waals surface area (Å²) in [6.07, 6.45) is 0.231. The van der Waals surface area contributed by atoms with Crippen molar-refractivity contribution in [3.05, 3.63) is 23.2 Å². The first kappa shape index (κ1) is 14.2. The molecule has 0 bridgehead atoms. The number of nitrogens with zero attached hydrogens (tertiary/aromatic N) is 3. The Bertz CT molecular complexity index is 606. The molecule has 0 fully saturated rings. The number of carbonyl (C=O) groups excluding carboxylic acids is 1. The van der Waals surface area contributed by atoms with Gasteiger partial charge in [-0.1, -0.05) is 11.3 Å². The Kier molecular flexibility index (Phi) is 4.46. The minimum Gasteiger partial charge on any atom is -0.476 e. The van der Waals surface area contributed by atoms with Gasteiger partial charge in [0, 0.05) is 13.0 Å². The molecule has 2 N–H and O–H groups in total. The highest BCUT2D eigenvalue weighted by molar-refractivity contribution is 7.13. The van der Waals surface area contributed by atoms with Crippen molar-refractivity contribution in [3.63, 3.8) is 0 Å². The van der Waals surface area contributed by atoms with Crippen LogP contribution in [0.4, 0.5) is 0 Å². The van der Waals surface area contributed by atoms with Gasteiger partial charge >= 0.3 is 5.97 Å². The van der Waals surface area contributed by atoms with Gasteiger partial charge in [-0.3, -0.25) is 4.79 Å². The average Bonchev–Trinajstić information content (AvgIpc) is 3.05. The maximum absolute atomic E-state index is 11.5. The summed E-state index contributed by atoms with van der Waals surface area (Å²) in [5, 5.41) is 21.2. The molecule has 0 radical (unpaired) electrons. The third-order valence-corrected chi connectivity index (χ3v) is 3.49. The number of aromatic nitrogens is 3. The quantitative estimate of drug-likeness (QED) is 0.835. The number of aromatic carboxylic acids is 1. The van der Waals surface area contributed by atoms with Gasteiger partial charge in [0.1, 0.15) is 5.69 Å². The molecule has 1 amide bonds. The first-order valence-electron chi connectivity index (χ1n) is 6.10. The van der Waals surface area contributed by atoms with Gasteiger partial charge in [-0.15, -0.1) is 16.4 Å². The van der Waals surface area contributed by atoms with E-state index in [1.54, 1.807) is 6.07 Å². The Balaban J connectivity index is 2.25. The van der Waals surface area contributed by atoms with Gasteiger partial charge in [-0.2, -0.15) is 0 Å². The van der Waals surface area contributed by atoms with Crippen LogP contribution >= 0.6 is 11.3 Å². The Hall–Kier alpha value is -2.22. The number of hydrogen-bond acceptors (Lipinski definition) is 5. The van der Waals surface area contributed by atoms with Gasteiger partial charge in [0.15, 0.2) is 5.69 Å². The lowest BCUT2D eigenvalue weighted by molar-refractivity contribution is -0.121. The third kappa shape index (κ3) is 3.02. The lowest BCUT2D eigenvalue weighted by Crippen LogP contribution is -2.24. The number of hydrogen-bond donors (Lipinski definition) is 2. The van der Waals surface area contributed by atoms with Gasteiger partial charge < -0.3 is 10.4 Å². The summed E-state index contributed by atoms with van der Waals surface area (Å²) >= 11 is 1.41. The first-order valence-corrected chi connectivity index (χ1v) is 6.98. The Morgan fingerprint density at radius 3 is 2.90 bits per heavy atom. The topological polar surface area (TPSA) is 97.1 Å². The van der Waals surface area contributed by atoms with E-state index in [-0.39, 0.29) is 18.0 Å². The maximum atomic E-state index is 11.5. The van der Waals surface area contributed by atoms with Crippen molar-refractivity contribution in [2.45, 2.75) is 19.9 Å². The van der Waals surface area contributed by atoms with Crippen LogP contribution in [0.25, 0.3) is 10.6 Å². The zero-order valence-electron chi connectivity index (χ0n) is 10.9. The highest BCUT2D eigenvalue weighted by Gasteiger charge is 2.21. The molecule has 7 nitrogen and oxygen atoms in total. The number of carboxylic acids is 1. The van der Waals surface area contributed by atoms with Crippen molar-refractivity contribution in [2.24, 2.45) is 0 Å². The Labute approximate surface area is 119 Å². The van der Waals surface area contributed by atoms with Crippen LogP contribution in [0, 0.1) is 0 Å². The second-order valence-corrected chi connectivity index (χ2v) is 4.94.